The molecule has 0 heterocycles. The van der Waals surface area contributed by atoms with Gasteiger partial charge in [0.1, 0.15) is 5.75 Å². The fourth-order valence-electron chi connectivity index (χ4n) is 1.81. The summed E-state index contributed by atoms with van der Waals surface area (Å²) < 4.78 is 39.9. The Morgan fingerprint density at radius 3 is 2.21 bits per heavy atom. The van der Waals surface area contributed by atoms with Gasteiger partial charge in [-0.3, -0.25) is 0 Å². The number of rotatable bonds is 6. The summed E-state index contributed by atoms with van der Waals surface area (Å²) >= 11 is 0. The highest BCUT2D eigenvalue weighted by atomic mass is 19.4. The van der Waals surface area contributed by atoms with Crippen LogP contribution < -0.4 is 10.1 Å². The first kappa shape index (κ1) is 15.8. The lowest BCUT2D eigenvalue weighted by atomic mass is 10.1. The molecule has 1 N–H and O–H groups in total. The lowest BCUT2D eigenvalue weighted by Gasteiger charge is -2.20. The highest BCUT2D eigenvalue weighted by Crippen LogP contribution is 2.23. The van der Waals surface area contributed by atoms with E-state index >= 15 is 0 Å². The van der Waals surface area contributed by atoms with Crippen LogP contribution in [0.15, 0.2) is 24.3 Å². The summed E-state index contributed by atoms with van der Waals surface area (Å²) in [6, 6.07) is 6.24. The summed E-state index contributed by atoms with van der Waals surface area (Å²) in [5.41, 5.74) is 0.968. The van der Waals surface area contributed by atoms with Gasteiger partial charge in [-0.15, -0.1) is 13.2 Å². The summed E-state index contributed by atoms with van der Waals surface area (Å²) in [5.74, 6) is -0.190. The van der Waals surface area contributed by atoms with Crippen molar-refractivity contribution in [3.8, 4) is 5.75 Å². The molecule has 1 aromatic rings. The molecule has 0 fully saturated rings. The molecule has 0 aliphatic rings. The minimum atomic E-state index is -4.64. The second-order valence-corrected chi connectivity index (χ2v) is 4.64. The lowest BCUT2D eigenvalue weighted by Crippen LogP contribution is -2.37. The fraction of sp³-hybridized carbons (Fsp3) is 0.538. The Labute approximate surface area is 111 Å². The smallest absolute Gasteiger partial charge is 0.406 e. The first-order valence-corrected chi connectivity index (χ1v) is 5.97. The van der Waals surface area contributed by atoms with E-state index in [1.54, 1.807) is 12.1 Å². The molecular weight excluding hydrogens is 257 g/mol. The van der Waals surface area contributed by atoms with E-state index in [2.05, 4.69) is 15.0 Å². The molecule has 0 amide bonds. The number of hydrogen-bond donors (Lipinski definition) is 1. The molecule has 0 aromatic heterocycles. The van der Waals surface area contributed by atoms with E-state index in [0.717, 1.165) is 18.5 Å². The highest BCUT2D eigenvalue weighted by Gasteiger charge is 2.30. The maximum absolute atomic E-state index is 12.0. The van der Waals surface area contributed by atoms with Crippen LogP contribution in [0.2, 0.25) is 0 Å². The molecule has 1 rings (SSSR count). The van der Waals surface area contributed by atoms with E-state index in [1.165, 1.54) is 12.1 Å². The Morgan fingerprint density at radius 2 is 1.79 bits per heavy atom. The predicted octanol–water partition coefficient (Wildman–Crippen LogP) is 2.28. The monoisotopic (exact) mass is 276 g/mol. The van der Waals surface area contributed by atoms with Gasteiger partial charge >= 0.3 is 6.36 Å². The third-order valence-electron chi connectivity index (χ3n) is 2.63. The molecule has 0 aliphatic heterocycles. The van der Waals surface area contributed by atoms with Crippen LogP contribution in [0.1, 0.15) is 5.56 Å². The molecule has 1 aromatic carbocycles. The van der Waals surface area contributed by atoms with Crippen LogP contribution in [-0.2, 0) is 6.42 Å². The highest BCUT2D eigenvalue weighted by molar-refractivity contribution is 5.28. The van der Waals surface area contributed by atoms with Crippen LogP contribution in [-0.4, -0.2) is 45.0 Å². The van der Waals surface area contributed by atoms with Crippen molar-refractivity contribution >= 4 is 0 Å². The van der Waals surface area contributed by atoms with Crippen LogP contribution in [0.4, 0.5) is 13.2 Å². The summed E-state index contributed by atoms with van der Waals surface area (Å²) in [4.78, 5) is 2.06. The van der Waals surface area contributed by atoms with Gasteiger partial charge in [0.05, 0.1) is 0 Å². The topological polar surface area (TPSA) is 24.5 Å². The van der Waals surface area contributed by atoms with Crippen molar-refractivity contribution in [3.05, 3.63) is 29.8 Å². The van der Waals surface area contributed by atoms with Crippen LogP contribution in [0, 0.1) is 0 Å². The number of ether oxygens (including phenoxy) is 1. The van der Waals surface area contributed by atoms with Crippen molar-refractivity contribution in [2.24, 2.45) is 0 Å². The minimum absolute atomic E-state index is 0.190. The van der Waals surface area contributed by atoms with Gasteiger partial charge in [0.15, 0.2) is 0 Å². The maximum atomic E-state index is 12.0. The van der Waals surface area contributed by atoms with Gasteiger partial charge in [0, 0.05) is 12.6 Å². The van der Waals surface area contributed by atoms with E-state index < -0.39 is 6.36 Å². The van der Waals surface area contributed by atoms with Gasteiger partial charge in [-0.2, -0.15) is 0 Å². The van der Waals surface area contributed by atoms with Gasteiger partial charge in [-0.25, -0.2) is 0 Å². The second-order valence-electron chi connectivity index (χ2n) is 4.64. The van der Waals surface area contributed by atoms with Crippen molar-refractivity contribution in [3.63, 3.8) is 0 Å². The Balaban J connectivity index is 2.60. The van der Waals surface area contributed by atoms with Gasteiger partial charge in [0.25, 0.3) is 0 Å². The van der Waals surface area contributed by atoms with Crippen LogP contribution >= 0.6 is 0 Å². The van der Waals surface area contributed by atoms with E-state index in [9.17, 15) is 13.2 Å². The second kappa shape index (κ2) is 6.77. The summed E-state index contributed by atoms with van der Waals surface area (Å²) in [6.07, 6.45) is -3.89. The number of nitrogens with one attached hydrogen (secondary N) is 1. The third-order valence-corrected chi connectivity index (χ3v) is 2.63. The van der Waals surface area contributed by atoms with Gasteiger partial charge in [-0.1, -0.05) is 12.1 Å². The molecule has 108 valence electrons. The molecule has 1 unspecified atom stereocenters. The van der Waals surface area contributed by atoms with Gasteiger partial charge in [0.2, 0.25) is 0 Å². The van der Waals surface area contributed by atoms with Crippen LogP contribution in [0.25, 0.3) is 0 Å². The van der Waals surface area contributed by atoms with Gasteiger partial charge < -0.3 is 15.0 Å². The predicted molar refractivity (Wildman–Crippen MR) is 68.2 cm³/mol. The quantitative estimate of drug-likeness (QED) is 0.862. The number of hydrogen-bond acceptors (Lipinski definition) is 3. The SMILES string of the molecule is CNC(Cc1ccc(OC(F)(F)F)cc1)CN(C)C. The minimum Gasteiger partial charge on any atom is -0.406 e. The standard InChI is InChI=1S/C13H19F3N2O/c1-17-11(9-18(2)3)8-10-4-6-12(7-5-10)19-13(14,15)16/h4-7,11,17H,8-9H2,1-3H3. The maximum Gasteiger partial charge on any atom is 0.573 e. The zero-order chi connectivity index (χ0) is 14.5. The molecule has 0 radical (unpaired) electrons. The average Bonchev–Trinajstić information content (AvgIpc) is 2.28. The number of benzene rings is 1. The normalized spacial score (nSPS) is 13.6. The van der Waals surface area contributed by atoms with Crippen molar-refractivity contribution in [1.82, 2.24) is 10.2 Å². The van der Waals surface area contributed by atoms with E-state index in [4.69, 9.17) is 0 Å². The summed E-state index contributed by atoms with van der Waals surface area (Å²) in [5, 5.41) is 3.18. The molecular formula is C13H19F3N2O. The first-order valence-electron chi connectivity index (χ1n) is 5.97. The van der Waals surface area contributed by atoms with Gasteiger partial charge in [-0.05, 0) is 45.3 Å². The van der Waals surface area contributed by atoms with Crippen LogP contribution in [0.5, 0.6) is 5.75 Å². The summed E-state index contributed by atoms with van der Waals surface area (Å²) in [7, 11) is 5.82. The lowest BCUT2D eigenvalue weighted by molar-refractivity contribution is -0.274. The van der Waals surface area contributed by atoms with Crippen molar-refractivity contribution in [2.45, 2.75) is 18.8 Å². The van der Waals surface area contributed by atoms with Crippen LogP contribution in [0.3, 0.4) is 0 Å². The van der Waals surface area contributed by atoms with Crippen molar-refractivity contribution < 1.29 is 17.9 Å². The van der Waals surface area contributed by atoms with E-state index in [1.807, 2.05) is 21.1 Å². The average molecular weight is 276 g/mol. The number of halogens is 3. The van der Waals surface area contributed by atoms with Crippen molar-refractivity contribution in [1.29, 1.82) is 0 Å². The molecule has 6 heteroatoms. The van der Waals surface area contributed by atoms with E-state index in [0.29, 0.717) is 0 Å². The molecule has 0 bridgehead atoms. The van der Waals surface area contributed by atoms with Crippen molar-refractivity contribution in [2.75, 3.05) is 27.7 Å². The largest absolute Gasteiger partial charge is 0.573 e. The fourth-order valence-corrected chi connectivity index (χ4v) is 1.81. The molecule has 0 spiro atoms. The Kier molecular flexibility index (Phi) is 5.62. The number of alkyl halides is 3. The zero-order valence-corrected chi connectivity index (χ0v) is 11.3. The summed E-state index contributed by atoms with van der Waals surface area (Å²) in [6.45, 7) is 0.858. The Hall–Kier alpha value is -1.27. The first-order chi connectivity index (χ1) is 8.80. The molecule has 19 heavy (non-hydrogen) atoms. The molecule has 0 saturated carbocycles. The molecule has 1 atom stereocenters. The molecule has 0 aliphatic carbocycles. The number of likely N-dealkylation sites (N-methyl/N-ethyl adjacent to an activating group) is 2. The number of nitrogens with zero attached hydrogens (tertiary/aromatic N) is 1. The Morgan fingerprint density at radius 1 is 1.21 bits per heavy atom. The Bertz CT molecular complexity index is 376. The molecule has 0 saturated heterocycles. The molecule has 3 nitrogen and oxygen atoms in total. The zero-order valence-electron chi connectivity index (χ0n) is 11.3. The van der Waals surface area contributed by atoms with E-state index in [-0.39, 0.29) is 11.8 Å². The third kappa shape index (κ3) is 6.45.